The molecule has 25 heavy (non-hydrogen) atoms. The zero-order valence-electron chi connectivity index (χ0n) is 13.2. The Bertz CT molecular complexity index is 880. The summed E-state index contributed by atoms with van der Waals surface area (Å²) in [6, 6.07) is 9.23. The number of hydrogen-bond donors (Lipinski definition) is 2. The van der Waals surface area contributed by atoms with Gasteiger partial charge in [-0.05, 0) is 30.2 Å². The molecule has 1 aliphatic heterocycles. The average molecular weight is 355 g/mol. The van der Waals surface area contributed by atoms with Gasteiger partial charge in [0.05, 0.1) is 11.6 Å². The van der Waals surface area contributed by atoms with Crippen LogP contribution in [0.4, 0.5) is 5.82 Å². The number of nitrogens with one attached hydrogen (secondary N) is 2. The van der Waals surface area contributed by atoms with Gasteiger partial charge in [-0.2, -0.15) is 5.10 Å². The van der Waals surface area contributed by atoms with Gasteiger partial charge in [0, 0.05) is 36.8 Å². The molecule has 3 aromatic rings. The highest BCUT2D eigenvalue weighted by atomic mass is 35.5. The zero-order chi connectivity index (χ0) is 17.2. The van der Waals surface area contributed by atoms with Crippen molar-refractivity contribution in [3.05, 3.63) is 59.6 Å². The van der Waals surface area contributed by atoms with Crippen molar-refractivity contribution in [2.45, 2.75) is 6.42 Å². The molecular weight excluding hydrogens is 340 g/mol. The van der Waals surface area contributed by atoms with E-state index in [1.165, 1.54) is 5.01 Å². The second-order valence-corrected chi connectivity index (χ2v) is 6.19. The molecular formula is C17H15ClN6O. The standard InChI is InChI=1S/C17H15ClN6O/c18-15-2-1-11(9-20-15)7-13-10-21-24(17(13)25)16-8-14(22-23-16)12-3-5-19-6-4-12/h1-6,8-9,13,21H,7,10H2,(H,22,23). The third kappa shape index (κ3) is 3.24. The third-order valence-electron chi connectivity index (χ3n) is 4.12. The maximum absolute atomic E-state index is 12.7. The molecule has 0 spiro atoms. The smallest absolute Gasteiger partial charge is 0.247 e. The Labute approximate surface area is 149 Å². The molecule has 1 aliphatic rings. The first-order chi connectivity index (χ1) is 12.2. The topological polar surface area (TPSA) is 86.8 Å². The molecule has 1 saturated heterocycles. The third-order valence-corrected chi connectivity index (χ3v) is 4.34. The Hall–Kier alpha value is -2.77. The lowest BCUT2D eigenvalue weighted by molar-refractivity contribution is -0.120. The molecule has 1 unspecified atom stereocenters. The highest BCUT2D eigenvalue weighted by molar-refractivity contribution is 6.29. The van der Waals surface area contributed by atoms with Crippen LogP contribution in [0.1, 0.15) is 5.56 Å². The molecule has 0 radical (unpaired) electrons. The van der Waals surface area contributed by atoms with Gasteiger partial charge in [-0.1, -0.05) is 17.7 Å². The summed E-state index contributed by atoms with van der Waals surface area (Å²) in [6.45, 7) is 0.554. The molecule has 1 atom stereocenters. The Kier molecular flexibility index (Phi) is 4.17. The van der Waals surface area contributed by atoms with Crippen LogP contribution in [-0.2, 0) is 11.2 Å². The van der Waals surface area contributed by atoms with E-state index in [9.17, 15) is 4.79 Å². The van der Waals surface area contributed by atoms with Crippen LogP contribution in [0.5, 0.6) is 0 Å². The van der Waals surface area contributed by atoms with Gasteiger partial charge < -0.3 is 0 Å². The fraction of sp³-hybridized carbons (Fsp3) is 0.176. The van der Waals surface area contributed by atoms with Gasteiger partial charge in [0.15, 0.2) is 5.82 Å². The summed E-state index contributed by atoms with van der Waals surface area (Å²) in [6.07, 6.45) is 5.74. The quantitative estimate of drug-likeness (QED) is 0.702. The maximum Gasteiger partial charge on any atom is 0.247 e. The highest BCUT2D eigenvalue weighted by Crippen LogP contribution is 2.24. The summed E-state index contributed by atoms with van der Waals surface area (Å²) in [5, 5.41) is 9.14. The lowest BCUT2D eigenvalue weighted by Gasteiger charge is -2.12. The van der Waals surface area contributed by atoms with E-state index in [4.69, 9.17) is 11.6 Å². The maximum atomic E-state index is 12.7. The monoisotopic (exact) mass is 354 g/mol. The van der Waals surface area contributed by atoms with E-state index >= 15 is 0 Å². The van der Waals surface area contributed by atoms with Crippen LogP contribution >= 0.6 is 11.6 Å². The van der Waals surface area contributed by atoms with Gasteiger partial charge in [0.1, 0.15) is 5.15 Å². The minimum atomic E-state index is -0.163. The number of pyridine rings is 2. The fourth-order valence-electron chi connectivity index (χ4n) is 2.82. The van der Waals surface area contributed by atoms with Crippen molar-refractivity contribution >= 4 is 23.3 Å². The second-order valence-electron chi connectivity index (χ2n) is 5.80. The van der Waals surface area contributed by atoms with Crippen molar-refractivity contribution in [3.63, 3.8) is 0 Å². The fourth-order valence-corrected chi connectivity index (χ4v) is 2.93. The number of hydrogen-bond acceptors (Lipinski definition) is 5. The van der Waals surface area contributed by atoms with Gasteiger partial charge in [0.2, 0.25) is 5.91 Å². The van der Waals surface area contributed by atoms with Crippen LogP contribution in [0.15, 0.2) is 48.9 Å². The Morgan fingerprint density at radius 1 is 1.24 bits per heavy atom. The molecule has 0 bridgehead atoms. The molecule has 2 N–H and O–H groups in total. The zero-order valence-corrected chi connectivity index (χ0v) is 13.9. The van der Waals surface area contributed by atoms with Crippen molar-refractivity contribution in [2.24, 2.45) is 5.92 Å². The van der Waals surface area contributed by atoms with E-state index in [-0.39, 0.29) is 11.8 Å². The normalized spacial score (nSPS) is 17.2. The Balaban J connectivity index is 1.48. The number of carbonyl (C=O) groups excluding carboxylic acids is 1. The lowest BCUT2D eigenvalue weighted by Crippen LogP contribution is -2.35. The van der Waals surface area contributed by atoms with Gasteiger partial charge >= 0.3 is 0 Å². The van der Waals surface area contributed by atoms with E-state index in [1.807, 2.05) is 24.3 Å². The number of carbonyl (C=O) groups is 1. The highest BCUT2D eigenvalue weighted by Gasteiger charge is 2.33. The molecule has 0 aromatic carbocycles. The predicted molar refractivity (Wildman–Crippen MR) is 93.7 cm³/mol. The van der Waals surface area contributed by atoms with Crippen LogP contribution < -0.4 is 10.4 Å². The molecule has 4 rings (SSSR count). The molecule has 1 amide bonds. The molecule has 7 nitrogen and oxygen atoms in total. The van der Waals surface area contributed by atoms with Crippen LogP contribution in [0.25, 0.3) is 11.3 Å². The minimum absolute atomic E-state index is 0.0114. The predicted octanol–water partition coefficient (Wildman–Crippen LogP) is 2.23. The van der Waals surface area contributed by atoms with E-state index < -0.39 is 0 Å². The van der Waals surface area contributed by atoms with Crippen molar-refractivity contribution in [1.29, 1.82) is 0 Å². The van der Waals surface area contributed by atoms with Crippen molar-refractivity contribution in [3.8, 4) is 11.3 Å². The molecule has 126 valence electrons. The van der Waals surface area contributed by atoms with Crippen LogP contribution in [0.3, 0.4) is 0 Å². The number of hydrazine groups is 1. The molecule has 1 fully saturated rings. The van der Waals surface area contributed by atoms with Crippen molar-refractivity contribution in [1.82, 2.24) is 25.6 Å². The number of anilines is 1. The van der Waals surface area contributed by atoms with Crippen LogP contribution in [-0.4, -0.2) is 32.6 Å². The summed E-state index contributed by atoms with van der Waals surface area (Å²) in [5.41, 5.74) is 5.88. The molecule has 3 aromatic heterocycles. The number of halogens is 1. The molecule has 0 saturated carbocycles. The molecule has 0 aliphatic carbocycles. The second kappa shape index (κ2) is 6.62. The van der Waals surface area contributed by atoms with Gasteiger partial charge in [-0.25, -0.2) is 15.4 Å². The minimum Gasteiger partial charge on any atom is -0.276 e. The first kappa shape index (κ1) is 15.7. The van der Waals surface area contributed by atoms with Crippen LogP contribution in [0.2, 0.25) is 5.15 Å². The van der Waals surface area contributed by atoms with E-state index in [2.05, 4.69) is 25.6 Å². The number of amides is 1. The van der Waals surface area contributed by atoms with Gasteiger partial charge in [-0.3, -0.25) is 14.9 Å². The summed E-state index contributed by atoms with van der Waals surface area (Å²) in [7, 11) is 0. The van der Waals surface area contributed by atoms with Crippen LogP contribution in [0, 0.1) is 5.92 Å². The first-order valence-electron chi connectivity index (χ1n) is 7.84. The molecule has 8 heteroatoms. The summed E-state index contributed by atoms with van der Waals surface area (Å²) < 4.78 is 0. The Morgan fingerprint density at radius 2 is 2.08 bits per heavy atom. The molecule has 4 heterocycles. The summed E-state index contributed by atoms with van der Waals surface area (Å²) >= 11 is 5.80. The number of aromatic amines is 1. The van der Waals surface area contributed by atoms with Gasteiger partial charge in [0.25, 0.3) is 0 Å². The summed E-state index contributed by atoms with van der Waals surface area (Å²) in [5.74, 6) is 0.375. The number of rotatable bonds is 4. The van der Waals surface area contributed by atoms with E-state index in [1.54, 1.807) is 24.7 Å². The number of nitrogens with zero attached hydrogens (tertiary/aromatic N) is 4. The van der Waals surface area contributed by atoms with Crippen molar-refractivity contribution in [2.75, 3.05) is 11.6 Å². The average Bonchev–Trinajstić information content (AvgIpc) is 3.25. The largest absolute Gasteiger partial charge is 0.276 e. The van der Waals surface area contributed by atoms with E-state index in [0.29, 0.717) is 23.9 Å². The van der Waals surface area contributed by atoms with Gasteiger partial charge in [-0.15, -0.1) is 0 Å². The lowest BCUT2D eigenvalue weighted by atomic mass is 10.0. The SMILES string of the molecule is O=C1C(Cc2ccc(Cl)nc2)CNN1c1cc(-c2ccncc2)[nH]n1. The van der Waals surface area contributed by atoms with Crippen molar-refractivity contribution < 1.29 is 4.79 Å². The Morgan fingerprint density at radius 3 is 2.84 bits per heavy atom. The number of H-pyrrole nitrogens is 1. The first-order valence-corrected chi connectivity index (χ1v) is 8.22. The number of aromatic nitrogens is 4. The summed E-state index contributed by atoms with van der Waals surface area (Å²) in [4.78, 5) is 20.7. The van der Waals surface area contributed by atoms with E-state index in [0.717, 1.165) is 16.8 Å².